The SMILES string of the molecule is CNCc1cc(S(=O)(=O)N(C)C2CCCN(C)C2)c(Br)s1. The zero-order valence-electron chi connectivity index (χ0n) is 12.6. The molecule has 1 aromatic rings. The molecule has 0 radical (unpaired) electrons. The van der Waals surface area contributed by atoms with E-state index < -0.39 is 10.0 Å². The van der Waals surface area contributed by atoms with Gasteiger partial charge in [0.25, 0.3) is 0 Å². The molecule has 0 amide bonds. The van der Waals surface area contributed by atoms with Crippen molar-refractivity contribution in [1.82, 2.24) is 14.5 Å². The highest BCUT2D eigenvalue weighted by molar-refractivity contribution is 9.11. The third kappa shape index (κ3) is 3.86. The second-order valence-corrected chi connectivity index (χ2v) is 9.88. The van der Waals surface area contributed by atoms with E-state index >= 15 is 0 Å². The van der Waals surface area contributed by atoms with Gasteiger partial charge in [0.2, 0.25) is 10.0 Å². The van der Waals surface area contributed by atoms with Crippen molar-refractivity contribution in [2.45, 2.75) is 30.3 Å². The summed E-state index contributed by atoms with van der Waals surface area (Å²) in [4.78, 5) is 3.58. The lowest BCUT2D eigenvalue weighted by molar-refractivity contribution is 0.187. The second kappa shape index (κ2) is 7.06. The minimum atomic E-state index is -3.45. The van der Waals surface area contributed by atoms with Crippen LogP contribution in [0.2, 0.25) is 0 Å². The van der Waals surface area contributed by atoms with Gasteiger partial charge in [0.05, 0.1) is 3.79 Å². The molecular weight excluding hydrogens is 374 g/mol. The molecule has 120 valence electrons. The number of rotatable bonds is 5. The molecule has 0 aliphatic carbocycles. The van der Waals surface area contributed by atoms with E-state index in [1.807, 2.05) is 14.1 Å². The van der Waals surface area contributed by atoms with Crippen molar-refractivity contribution in [3.8, 4) is 0 Å². The van der Waals surface area contributed by atoms with E-state index in [0.29, 0.717) is 15.2 Å². The molecule has 1 aliphatic rings. The van der Waals surface area contributed by atoms with Crippen molar-refractivity contribution in [1.29, 1.82) is 0 Å². The third-order valence-corrected chi connectivity index (χ3v) is 7.99. The molecule has 8 heteroatoms. The summed E-state index contributed by atoms with van der Waals surface area (Å²) in [7, 11) is 2.14. The summed E-state index contributed by atoms with van der Waals surface area (Å²) in [5, 5.41) is 3.05. The zero-order chi connectivity index (χ0) is 15.6. The van der Waals surface area contributed by atoms with Gasteiger partial charge in [-0.2, -0.15) is 4.31 Å². The number of nitrogens with zero attached hydrogens (tertiary/aromatic N) is 2. The van der Waals surface area contributed by atoms with Crippen LogP contribution >= 0.6 is 27.3 Å². The van der Waals surface area contributed by atoms with Gasteiger partial charge in [-0.1, -0.05) is 0 Å². The molecule has 1 aliphatic heterocycles. The molecule has 2 heterocycles. The number of piperidine rings is 1. The number of thiophene rings is 1. The van der Waals surface area contributed by atoms with E-state index in [-0.39, 0.29) is 6.04 Å². The molecule has 1 unspecified atom stereocenters. The first-order valence-electron chi connectivity index (χ1n) is 6.95. The Morgan fingerprint density at radius 1 is 1.57 bits per heavy atom. The van der Waals surface area contributed by atoms with Crippen LogP contribution in [0.3, 0.4) is 0 Å². The van der Waals surface area contributed by atoms with Crippen LogP contribution in [-0.4, -0.2) is 57.9 Å². The molecular formula is C13H22BrN3O2S2. The average Bonchev–Trinajstić information content (AvgIpc) is 2.80. The highest BCUT2D eigenvalue weighted by atomic mass is 79.9. The third-order valence-electron chi connectivity index (χ3n) is 3.83. The summed E-state index contributed by atoms with van der Waals surface area (Å²) in [5.74, 6) is 0. The lowest BCUT2D eigenvalue weighted by Crippen LogP contribution is -2.47. The van der Waals surface area contributed by atoms with Crippen LogP contribution in [0, 0.1) is 0 Å². The molecule has 1 N–H and O–H groups in total. The first-order chi connectivity index (χ1) is 9.86. The summed E-state index contributed by atoms with van der Waals surface area (Å²) in [5.41, 5.74) is 0. The normalized spacial score (nSPS) is 21.1. The number of hydrogen-bond acceptors (Lipinski definition) is 5. The summed E-state index contributed by atoms with van der Waals surface area (Å²) < 4.78 is 27.9. The predicted octanol–water partition coefficient (Wildman–Crippen LogP) is 1.94. The molecule has 1 fully saturated rings. The number of sulfonamides is 1. The monoisotopic (exact) mass is 395 g/mol. The quantitative estimate of drug-likeness (QED) is 0.827. The van der Waals surface area contributed by atoms with Crippen LogP contribution in [0.15, 0.2) is 14.7 Å². The van der Waals surface area contributed by atoms with Gasteiger partial charge in [-0.15, -0.1) is 11.3 Å². The fourth-order valence-electron chi connectivity index (χ4n) is 2.62. The molecule has 21 heavy (non-hydrogen) atoms. The van der Waals surface area contributed by atoms with Crippen molar-refractivity contribution in [3.05, 3.63) is 14.7 Å². The van der Waals surface area contributed by atoms with Crippen molar-refractivity contribution in [2.24, 2.45) is 0 Å². The molecule has 1 atom stereocenters. The molecule has 0 bridgehead atoms. The maximum absolute atomic E-state index is 12.8. The number of likely N-dealkylation sites (tertiary alicyclic amines) is 1. The molecule has 0 spiro atoms. The van der Waals surface area contributed by atoms with Crippen LogP contribution < -0.4 is 5.32 Å². The highest BCUT2D eigenvalue weighted by Crippen LogP contribution is 2.34. The maximum Gasteiger partial charge on any atom is 0.245 e. The van der Waals surface area contributed by atoms with Crippen LogP contribution in [0.25, 0.3) is 0 Å². The molecule has 2 rings (SSSR count). The molecule has 1 saturated heterocycles. The Labute approximate surface area is 139 Å². The Kier molecular flexibility index (Phi) is 5.84. The lowest BCUT2D eigenvalue weighted by Gasteiger charge is -2.35. The Balaban J connectivity index is 2.24. The molecule has 5 nitrogen and oxygen atoms in total. The van der Waals surface area contributed by atoms with Gasteiger partial charge in [-0.25, -0.2) is 8.42 Å². The standard InChI is InChI=1S/C13H22BrN3O2S2/c1-15-8-11-7-12(13(14)20-11)21(18,19)17(3)10-5-4-6-16(2)9-10/h7,10,15H,4-6,8-9H2,1-3H3. The van der Waals surface area contributed by atoms with E-state index in [9.17, 15) is 8.42 Å². The Hall–Kier alpha value is 0.01000. The van der Waals surface area contributed by atoms with Gasteiger partial charge in [0.15, 0.2) is 0 Å². The van der Waals surface area contributed by atoms with Gasteiger partial charge in [0.1, 0.15) is 4.90 Å². The lowest BCUT2D eigenvalue weighted by atomic mass is 10.1. The van der Waals surface area contributed by atoms with Crippen molar-refractivity contribution < 1.29 is 8.42 Å². The molecule has 1 aromatic heterocycles. The van der Waals surface area contributed by atoms with E-state index in [0.717, 1.165) is 30.8 Å². The second-order valence-electron chi connectivity index (χ2n) is 5.46. The number of nitrogens with one attached hydrogen (secondary N) is 1. The Bertz CT molecular complexity index is 588. The number of hydrogen-bond donors (Lipinski definition) is 1. The predicted molar refractivity (Wildman–Crippen MR) is 90.3 cm³/mol. The largest absolute Gasteiger partial charge is 0.315 e. The molecule has 0 saturated carbocycles. The van der Waals surface area contributed by atoms with E-state index in [2.05, 4.69) is 26.1 Å². The highest BCUT2D eigenvalue weighted by Gasteiger charge is 2.32. The van der Waals surface area contributed by atoms with Gasteiger partial charge < -0.3 is 10.2 Å². The van der Waals surface area contributed by atoms with E-state index in [1.165, 1.54) is 11.3 Å². The number of likely N-dealkylation sites (N-methyl/N-ethyl adjacent to an activating group) is 2. The topological polar surface area (TPSA) is 52.7 Å². The van der Waals surface area contributed by atoms with Crippen molar-refractivity contribution in [3.63, 3.8) is 0 Å². The fraction of sp³-hybridized carbons (Fsp3) is 0.692. The van der Waals surface area contributed by atoms with Crippen LogP contribution in [0.1, 0.15) is 17.7 Å². The maximum atomic E-state index is 12.8. The van der Waals surface area contributed by atoms with Gasteiger partial charge in [-0.05, 0) is 55.5 Å². The van der Waals surface area contributed by atoms with Crippen molar-refractivity contribution in [2.75, 3.05) is 34.2 Å². The van der Waals surface area contributed by atoms with Crippen LogP contribution in [0.4, 0.5) is 0 Å². The number of halogens is 1. The summed E-state index contributed by atoms with van der Waals surface area (Å²) in [6.45, 7) is 2.51. The smallest absolute Gasteiger partial charge is 0.245 e. The zero-order valence-corrected chi connectivity index (χ0v) is 15.8. The molecule has 0 aromatic carbocycles. The van der Waals surface area contributed by atoms with Gasteiger partial charge >= 0.3 is 0 Å². The minimum Gasteiger partial charge on any atom is -0.315 e. The summed E-state index contributed by atoms with van der Waals surface area (Å²) in [6.07, 6.45) is 1.96. The van der Waals surface area contributed by atoms with E-state index in [4.69, 9.17) is 0 Å². The van der Waals surface area contributed by atoms with Gasteiger partial charge in [0, 0.05) is 31.1 Å². The first kappa shape index (κ1) is 17.4. The average molecular weight is 396 g/mol. The Morgan fingerprint density at radius 3 is 2.90 bits per heavy atom. The minimum absolute atomic E-state index is 0.0494. The first-order valence-corrected chi connectivity index (χ1v) is 10.0. The summed E-state index contributed by atoms with van der Waals surface area (Å²) in [6, 6.07) is 1.82. The van der Waals surface area contributed by atoms with Gasteiger partial charge in [-0.3, -0.25) is 0 Å². The van der Waals surface area contributed by atoms with Crippen molar-refractivity contribution >= 4 is 37.3 Å². The fourth-order valence-corrected chi connectivity index (χ4v) is 6.64. The van der Waals surface area contributed by atoms with Crippen LogP contribution in [0.5, 0.6) is 0 Å². The summed E-state index contributed by atoms with van der Waals surface area (Å²) >= 11 is 4.87. The van der Waals surface area contributed by atoms with Crippen LogP contribution in [-0.2, 0) is 16.6 Å². The van der Waals surface area contributed by atoms with E-state index in [1.54, 1.807) is 17.4 Å². The Morgan fingerprint density at radius 2 is 2.29 bits per heavy atom.